The normalized spacial score (nSPS) is 12.2. The Morgan fingerprint density at radius 2 is 0.605 bits per heavy atom. The predicted octanol–water partition coefficient (Wildman–Crippen LogP) is 13.4. The molecular formula is C72H49NSSi2. The molecule has 356 valence electrons. The van der Waals surface area contributed by atoms with Gasteiger partial charge in [0.1, 0.15) is 0 Å². The number of para-hydroxylation sites is 2. The molecule has 0 aliphatic rings. The maximum Gasteiger partial charge on any atom is 0.181 e. The molecule has 13 aromatic carbocycles. The van der Waals surface area contributed by atoms with Crippen molar-refractivity contribution in [1.82, 2.24) is 4.57 Å². The van der Waals surface area contributed by atoms with E-state index in [1.807, 2.05) is 11.3 Å². The van der Waals surface area contributed by atoms with Gasteiger partial charge in [-0.2, -0.15) is 0 Å². The molecule has 0 radical (unpaired) electrons. The van der Waals surface area contributed by atoms with Crippen molar-refractivity contribution in [2.24, 2.45) is 0 Å². The summed E-state index contributed by atoms with van der Waals surface area (Å²) in [4.78, 5) is 0. The van der Waals surface area contributed by atoms with E-state index in [9.17, 15) is 0 Å². The average Bonchev–Trinajstić information content (AvgIpc) is 4.13. The summed E-state index contributed by atoms with van der Waals surface area (Å²) < 4.78 is 5.13. The molecule has 4 heteroatoms. The van der Waals surface area contributed by atoms with Crippen LogP contribution >= 0.6 is 11.3 Å². The molecule has 15 rings (SSSR count). The van der Waals surface area contributed by atoms with E-state index >= 15 is 0 Å². The molecule has 0 aliphatic carbocycles. The number of benzene rings is 13. The molecule has 0 saturated heterocycles. The predicted molar refractivity (Wildman–Crippen MR) is 333 cm³/mol. The summed E-state index contributed by atoms with van der Waals surface area (Å²) in [6.07, 6.45) is 0. The minimum Gasteiger partial charge on any atom is -0.309 e. The van der Waals surface area contributed by atoms with Gasteiger partial charge in [-0.25, -0.2) is 0 Å². The van der Waals surface area contributed by atoms with Crippen LogP contribution in [0.1, 0.15) is 0 Å². The van der Waals surface area contributed by atoms with Crippen molar-refractivity contribution < 1.29 is 0 Å². The van der Waals surface area contributed by atoms with Crippen LogP contribution in [-0.2, 0) is 0 Å². The van der Waals surface area contributed by atoms with Gasteiger partial charge in [0, 0.05) is 36.6 Å². The Bertz CT molecular complexity index is 4530. The van der Waals surface area contributed by atoms with Crippen LogP contribution in [0.3, 0.4) is 0 Å². The van der Waals surface area contributed by atoms with Crippen molar-refractivity contribution in [2.45, 2.75) is 0 Å². The lowest BCUT2D eigenvalue weighted by Crippen LogP contribution is -2.74. The summed E-state index contributed by atoms with van der Waals surface area (Å²) in [5, 5.41) is 23.9. The zero-order valence-corrected chi connectivity index (χ0v) is 44.5. The molecule has 2 heterocycles. The van der Waals surface area contributed by atoms with Gasteiger partial charge < -0.3 is 4.57 Å². The fraction of sp³-hybridized carbons (Fsp3) is 0. The van der Waals surface area contributed by atoms with Crippen LogP contribution in [0.5, 0.6) is 0 Å². The number of hydrogen-bond donors (Lipinski definition) is 0. The van der Waals surface area contributed by atoms with E-state index < -0.39 is 16.1 Å². The smallest absolute Gasteiger partial charge is 0.181 e. The first-order valence-electron chi connectivity index (χ1n) is 26.3. The highest BCUT2D eigenvalue weighted by atomic mass is 32.1. The molecule has 0 unspecified atom stereocenters. The summed E-state index contributed by atoms with van der Waals surface area (Å²) in [5.74, 6) is 0. The van der Waals surface area contributed by atoms with Crippen LogP contribution in [-0.4, -0.2) is 20.7 Å². The highest BCUT2D eigenvalue weighted by Gasteiger charge is 2.44. The number of thiophene rings is 1. The summed E-state index contributed by atoms with van der Waals surface area (Å²) in [5.41, 5.74) is 3.59. The number of rotatable bonds is 9. The van der Waals surface area contributed by atoms with Crippen LogP contribution in [0.2, 0.25) is 0 Å². The van der Waals surface area contributed by atoms with Gasteiger partial charge in [-0.3, -0.25) is 0 Å². The molecule has 1 nitrogen and oxygen atoms in total. The quantitative estimate of drug-likeness (QED) is 0.0771. The SMILES string of the molecule is c1ccc([Si](c2ccccc2)(c2ccc(-n3c4ccccc4c4ccccc43)cc2)c2ccc3c4ccc([Si](c5ccccc5)(c5ccccc5)c5cccc6c5sc5ccccc56)cc4c4ccccc4c3c2)cc1. The van der Waals surface area contributed by atoms with E-state index in [4.69, 9.17) is 0 Å². The Hall–Kier alpha value is -8.91. The minimum atomic E-state index is -2.98. The topological polar surface area (TPSA) is 4.93 Å². The van der Waals surface area contributed by atoms with Gasteiger partial charge in [-0.05, 0) is 104 Å². The summed E-state index contributed by atoms with van der Waals surface area (Å²) in [6, 6.07) is 113. The fourth-order valence-electron chi connectivity index (χ4n) is 13.2. The molecule has 0 N–H and O–H groups in total. The van der Waals surface area contributed by atoms with E-state index in [1.54, 1.807) is 0 Å². The van der Waals surface area contributed by atoms with Gasteiger partial charge in [-0.15, -0.1) is 11.3 Å². The Morgan fingerprint density at radius 3 is 1.12 bits per heavy atom. The van der Waals surface area contributed by atoms with Crippen molar-refractivity contribution in [2.75, 3.05) is 0 Å². The van der Waals surface area contributed by atoms with Crippen molar-refractivity contribution in [3.8, 4) is 5.69 Å². The second kappa shape index (κ2) is 17.9. The zero-order valence-electron chi connectivity index (χ0n) is 41.6. The molecule has 0 bridgehead atoms. The second-order valence-electron chi connectivity index (χ2n) is 20.2. The van der Waals surface area contributed by atoms with E-state index in [-0.39, 0.29) is 0 Å². The first-order chi connectivity index (χ1) is 37.7. The lowest BCUT2D eigenvalue weighted by Gasteiger charge is -2.35. The van der Waals surface area contributed by atoms with Crippen molar-refractivity contribution in [1.29, 1.82) is 0 Å². The third-order valence-electron chi connectivity index (χ3n) is 16.5. The largest absolute Gasteiger partial charge is 0.309 e. The summed E-state index contributed by atoms with van der Waals surface area (Å²) in [7, 11) is -5.95. The van der Waals surface area contributed by atoms with E-state index in [0.29, 0.717) is 0 Å². The maximum absolute atomic E-state index is 2.98. The highest BCUT2D eigenvalue weighted by Crippen LogP contribution is 2.38. The van der Waals surface area contributed by atoms with Gasteiger partial charge >= 0.3 is 0 Å². The van der Waals surface area contributed by atoms with E-state index in [0.717, 1.165) is 5.69 Å². The Balaban J connectivity index is 0.980. The lowest BCUT2D eigenvalue weighted by atomic mass is 9.94. The summed E-state index contributed by atoms with van der Waals surface area (Å²) in [6.45, 7) is 0. The first-order valence-corrected chi connectivity index (χ1v) is 31.1. The van der Waals surface area contributed by atoms with Gasteiger partial charge in [0.2, 0.25) is 0 Å². The maximum atomic E-state index is 2.59. The molecule has 0 amide bonds. The minimum absolute atomic E-state index is 1.16. The average molecular weight is 1020 g/mol. The van der Waals surface area contributed by atoms with Gasteiger partial charge in [0.05, 0.1) is 11.0 Å². The number of nitrogens with zero attached hydrogens (tertiary/aromatic N) is 1. The van der Waals surface area contributed by atoms with Crippen LogP contribution < -0.4 is 41.5 Å². The van der Waals surface area contributed by atoms with Crippen LogP contribution in [0, 0.1) is 0 Å². The van der Waals surface area contributed by atoms with E-state index in [1.165, 1.54) is 116 Å². The number of aromatic nitrogens is 1. The van der Waals surface area contributed by atoms with Gasteiger partial charge in [0.25, 0.3) is 0 Å². The number of fused-ring (bicyclic) bond motifs is 12. The molecule has 76 heavy (non-hydrogen) atoms. The zero-order chi connectivity index (χ0) is 50.2. The monoisotopic (exact) mass is 1020 g/mol. The van der Waals surface area contributed by atoms with Gasteiger partial charge in [0.15, 0.2) is 16.1 Å². The Kier molecular flexibility index (Phi) is 10.5. The molecule has 0 aliphatic heterocycles. The van der Waals surface area contributed by atoms with Crippen molar-refractivity contribution in [3.05, 3.63) is 297 Å². The fourth-order valence-corrected chi connectivity index (χ4v) is 24.6. The lowest BCUT2D eigenvalue weighted by molar-refractivity contribution is 1.18. The molecule has 0 saturated carbocycles. The Labute approximate surface area is 447 Å². The van der Waals surface area contributed by atoms with Crippen molar-refractivity contribution >= 4 is 143 Å². The first kappa shape index (κ1) is 44.6. The van der Waals surface area contributed by atoms with Crippen LogP contribution in [0.25, 0.3) is 80.0 Å². The van der Waals surface area contributed by atoms with Crippen LogP contribution in [0.15, 0.2) is 297 Å². The second-order valence-corrected chi connectivity index (χ2v) is 28.9. The molecule has 0 atom stereocenters. The van der Waals surface area contributed by atoms with Crippen molar-refractivity contribution in [3.63, 3.8) is 0 Å². The molecule has 2 aromatic heterocycles. The molecule has 15 aromatic rings. The third-order valence-corrected chi connectivity index (χ3v) is 27.5. The number of hydrogen-bond acceptors (Lipinski definition) is 1. The highest BCUT2D eigenvalue weighted by molar-refractivity contribution is 7.30. The summed E-state index contributed by atoms with van der Waals surface area (Å²) >= 11 is 1.94. The van der Waals surface area contributed by atoms with Gasteiger partial charge in [-0.1, -0.05) is 267 Å². The molecule has 0 fully saturated rings. The van der Waals surface area contributed by atoms with Crippen LogP contribution in [0.4, 0.5) is 0 Å². The third kappa shape index (κ3) is 6.61. The molecular weight excluding hydrogens is 967 g/mol. The standard InChI is InChI=1S/C72H49NSSi2/c1-5-22-51(23-6-1)75(52-24-7-2-8-25-52,55-42-40-50(41-43-55)73-68-36-18-15-32-62(68)63-33-16-19-37-69(63)73)56-44-46-60-61-47-45-57(49-67(61)59-31-14-13-30-58(59)66(60)48-56)76(53-26-9-3-10-27-53,54-28-11-4-12-29-54)71-39-21-35-65-64-34-17-20-38-70(64)74-72(65)71/h1-49H. The molecule has 0 spiro atoms. The Morgan fingerprint density at radius 1 is 0.237 bits per heavy atom. The van der Waals surface area contributed by atoms with E-state index in [2.05, 4.69) is 302 Å².